The Labute approximate surface area is 109 Å². The Morgan fingerprint density at radius 3 is 2.89 bits per heavy atom. The highest BCUT2D eigenvalue weighted by Crippen LogP contribution is 2.33. The van der Waals surface area contributed by atoms with Gasteiger partial charge in [0.2, 0.25) is 0 Å². The zero-order valence-corrected chi connectivity index (χ0v) is 10.6. The summed E-state index contributed by atoms with van der Waals surface area (Å²) < 4.78 is 0. The van der Waals surface area contributed by atoms with E-state index in [0.717, 1.165) is 29.2 Å². The molecule has 1 aliphatic rings. The van der Waals surface area contributed by atoms with Crippen LogP contribution >= 0.6 is 11.3 Å². The molecule has 1 fully saturated rings. The fraction of sp³-hybridized carbons (Fsp3) is 0.308. The minimum absolute atomic E-state index is 0.104. The van der Waals surface area contributed by atoms with Crippen LogP contribution in [0.25, 0.3) is 10.6 Å². The molecule has 1 saturated heterocycles. The Kier molecular flexibility index (Phi) is 2.93. The van der Waals surface area contributed by atoms with Crippen molar-refractivity contribution < 1.29 is 10.2 Å². The van der Waals surface area contributed by atoms with Crippen molar-refractivity contribution in [1.29, 1.82) is 0 Å². The van der Waals surface area contributed by atoms with Crippen LogP contribution < -0.4 is 5.32 Å². The van der Waals surface area contributed by atoms with E-state index < -0.39 is 0 Å². The summed E-state index contributed by atoms with van der Waals surface area (Å²) in [6, 6.07) is 5.15. The smallest absolute Gasteiger partial charge is 0.158 e. The van der Waals surface area contributed by atoms with Crippen molar-refractivity contribution in [3.8, 4) is 22.1 Å². The third-order valence-corrected chi connectivity index (χ3v) is 4.07. The highest BCUT2D eigenvalue weighted by Gasteiger charge is 2.19. The molecule has 1 aliphatic heterocycles. The molecular weight excluding hydrogens is 248 g/mol. The van der Waals surface area contributed by atoms with Gasteiger partial charge in [0.1, 0.15) is 5.01 Å². The summed E-state index contributed by atoms with van der Waals surface area (Å²) >= 11 is 1.56. The molecule has 4 nitrogen and oxygen atoms in total. The minimum atomic E-state index is -0.108. The SMILES string of the molecule is Oc1ccc(-c2nc([C@@H]3CCCN3)cs2)cc1O. The topological polar surface area (TPSA) is 65.4 Å². The van der Waals surface area contributed by atoms with Crippen LogP contribution in [0.3, 0.4) is 0 Å². The normalized spacial score (nSPS) is 19.2. The van der Waals surface area contributed by atoms with Gasteiger partial charge in [0.05, 0.1) is 11.7 Å². The molecule has 0 unspecified atom stereocenters. The largest absolute Gasteiger partial charge is 0.504 e. The number of phenols is 2. The van der Waals surface area contributed by atoms with E-state index in [0.29, 0.717) is 6.04 Å². The van der Waals surface area contributed by atoms with E-state index in [1.165, 1.54) is 12.5 Å². The van der Waals surface area contributed by atoms with E-state index in [-0.39, 0.29) is 11.5 Å². The summed E-state index contributed by atoms with van der Waals surface area (Å²) in [5, 5.41) is 25.1. The maximum Gasteiger partial charge on any atom is 0.158 e. The highest BCUT2D eigenvalue weighted by atomic mass is 32.1. The van der Waals surface area contributed by atoms with Crippen LogP contribution in [0.15, 0.2) is 23.6 Å². The van der Waals surface area contributed by atoms with Crippen LogP contribution in [-0.2, 0) is 0 Å². The van der Waals surface area contributed by atoms with E-state index in [1.807, 2.05) is 0 Å². The Morgan fingerprint density at radius 1 is 1.28 bits per heavy atom. The molecule has 0 bridgehead atoms. The number of aromatic hydroxyl groups is 2. The number of nitrogens with one attached hydrogen (secondary N) is 1. The second kappa shape index (κ2) is 4.59. The van der Waals surface area contributed by atoms with Crippen molar-refractivity contribution in [2.24, 2.45) is 0 Å². The fourth-order valence-electron chi connectivity index (χ4n) is 2.17. The highest BCUT2D eigenvalue weighted by molar-refractivity contribution is 7.13. The van der Waals surface area contributed by atoms with Gasteiger partial charge < -0.3 is 15.5 Å². The third kappa shape index (κ3) is 2.07. The van der Waals surface area contributed by atoms with Crippen LogP contribution in [0, 0.1) is 0 Å². The lowest BCUT2D eigenvalue weighted by atomic mass is 10.2. The number of hydrogen-bond acceptors (Lipinski definition) is 5. The molecule has 5 heteroatoms. The Morgan fingerprint density at radius 2 is 2.17 bits per heavy atom. The summed E-state index contributed by atoms with van der Waals surface area (Å²) in [6.45, 7) is 1.05. The summed E-state index contributed by atoms with van der Waals surface area (Å²) in [4.78, 5) is 4.60. The third-order valence-electron chi connectivity index (χ3n) is 3.16. The van der Waals surface area contributed by atoms with Crippen molar-refractivity contribution in [2.45, 2.75) is 18.9 Å². The van der Waals surface area contributed by atoms with Crippen molar-refractivity contribution in [3.05, 3.63) is 29.3 Å². The number of thiazole rings is 1. The Bertz CT molecular complexity index is 562. The zero-order chi connectivity index (χ0) is 12.5. The van der Waals surface area contributed by atoms with Gasteiger partial charge in [-0.1, -0.05) is 0 Å². The minimum Gasteiger partial charge on any atom is -0.504 e. The van der Waals surface area contributed by atoms with Gasteiger partial charge in [0.25, 0.3) is 0 Å². The van der Waals surface area contributed by atoms with E-state index in [2.05, 4.69) is 15.7 Å². The van der Waals surface area contributed by atoms with Gasteiger partial charge in [-0.3, -0.25) is 0 Å². The number of rotatable bonds is 2. The molecule has 2 heterocycles. The van der Waals surface area contributed by atoms with Crippen molar-refractivity contribution >= 4 is 11.3 Å². The number of nitrogens with zero attached hydrogens (tertiary/aromatic N) is 1. The predicted molar refractivity (Wildman–Crippen MR) is 70.9 cm³/mol. The van der Waals surface area contributed by atoms with E-state index in [1.54, 1.807) is 23.5 Å². The molecule has 1 aromatic carbocycles. The van der Waals surface area contributed by atoms with Crippen molar-refractivity contribution in [3.63, 3.8) is 0 Å². The summed E-state index contributed by atoms with van der Waals surface area (Å²) in [6.07, 6.45) is 2.32. The lowest BCUT2D eigenvalue weighted by molar-refractivity contribution is 0.404. The number of hydrogen-bond donors (Lipinski definition) is 3. The molecule has 0 radical (unpaired) electrons. The standard InChI is InChI=1S/C13H14N2O2S/c16-11-4-3-8(6-12(11)17)13-15-10(7-18-13)9-2-1-5-14-9/h3-4,6-7,9,14,16-17H,1-2,5H2/t9-/m0/s1. The molecule has 1 aromatic heterocycles. The van der Waals surface area contributed by atoms with Gasteiger partial charge in [-0.2, -0.15) is 0 Å². The summed E-state index contributed by atoms with van der Waals surface area (Å²) in [5.74, 6) is -0.212. The van der Waals surface area contributed by atoms with Gasteiger partial charge in [0.15, 0.2) is 11.5 Å². The zero-order valence-electron chi connectivity index (χ0n) is 9.76. The van der Waals surface area contributed by atoms with Gasteiger partial charge >= 0.3 is 0 Å². The van der Waals surface area contributed by atoms with Crippen LogP contribution in [0.2, 0.25) is 0 Å². The molecule has 18 heavy (non-hydrogen) atoms. The van der Waals surface area contributed by atoms with Crippen LogP contribution in [-0.4, -0.2) is 21.7 Å². The molecule has 1 atom stereocenters. The van der Waals surface area contributed by atoms with Gasteiger partial charge in [-0.15, -0.1) is 11.3 Å². The quantitative estimate of drug-likeness (QED) is 0.728. The van der Waals surface area contributed by atoms with Crippen molar-refractivity contribution in [1.82, 2.24) is 10.3 Å². The first-order chi connectivity index (χ1) is 8.74. The van der Waals surface area contributed by atoms with Gasteiger partial charge in [0, 0.05) is 10.9 Å². The molecule has 0 saturated carbocycles. The van der Waals surface area contributed by atoms with Gasteiger partial charge in [-0.05, 0) is 37.6 Å². The van der Waals surface area contributed by atoms with Crippen LogP contribution in [0.5, 0.6) is 11.5 Å². The first-order valence-corrected chi connectivity index (χ1v) is 6.83. The van der Waals surface area contributed by atoms with Crippen molar-refractivity contribution in [2.75, 3.05) is 6.54 Å². The average Bonchev–Trinajstić information content (AvgIpc) is 3.01. The Hall–Kier alpha value is -1.59. The molecule has 3 N–H and O–H groups in total. The number of aromatic nitrogens is 1. The lowest BCUT2D eigenvalue weighted by Crippen LogP contribution is -2.12. The molecular formula is C13H14N2O2S. The molecule has 3 rings (SSSR count). The second-order valence-electron chi connectivity index (χ2n) is 4.43. The molecule has 2 aromatic rings. The fourth-order valence-corrected chi connectivity index (χ4v) is 3.04. The van der Waals surface area contributed by atoms with E-state index >= 15 is 0 Å². The maximum absolute atomic E-state index is 9.49. The Balaban J connectivity index is 1.89. The first kappa shape index (κ1) is 11.5. The van der Waals surface area contributed by atoms with Crippen LogP contribution in [0.1, 0.15) is 24.6 Å². The molecule has 0 aliphatic carbocycles. The molecule has 0 amide bonds. The first-order valence-electron chi connectivity index (χ1n) is 5.95. The van der Waals surface area contributed by atoms with Crippen LogP contribution in [0.4, 0.5) is 0 Å². The summed E-state index contributed by atoms with van der Waals surface area (Å²) in [5.41, 5.74) is 1.90. The summed E-state index contributed by atoms with van der Waals surface area (Å²) in [7, 11) is 0. The number of phenolic OH excluding ortho intramolecular Hbond substituents is 2. The lowest BCUT2D eigenvalue weighted by Gasteiger charge is -2.05. The number of benzene rings is 1. The monoisotopic (exact) mass is 262 g/mol. The molecule has 94 valence electrons. The molecule has 0 spiro atoms. The van der Waals surface area contributed by atoms with E-state index in [9.17, 15) is 10.2 Å². The van der Waals surface area contributed by atoms with Gasteiger partial charge in [-0.25, -0.2) is 4.98 Å². The maximum atomic E-state index is 9.49. The van der Waals surface area contributed by atoms with E-state index in [4.69, 9.17) is 0 Å². The average molecular weight is 262 g/mol. The second-order valence-corrected chi connectivity index (χ2v) is 5.29. The predicted octanol–water partition coefficient (Wildman–Crippen LogP) is 2.65.